The first-order chi connectivity index (χ1) is 13.4. The Hall–Kier alpha value is -3.43. The van der Waals surface area contributed by atoms with Gasteiger partial charge in [-0.2, -0.15) is 0 Å². The zero-order valence-electron chi connectivity index (χ0n) is 15.0. The van der Waals surface area contributed by atoms with Crippen molar-refractivity contribution < 1.29 is 29.1 Å². The van der Waals surface area contributed by atoms with Gasteiger partial charge in [0.15, 0.2) is 0 Å². The van der Waals surface area contributed by atoms with E-state index in [-0.39, 0.29) is 50.1 Å². The number of piperidine rings is 1. The van der Waals surface area contributed by atoms with Gasteiger partial charge in [0.05, 0.1) is 0 Å². The minimum atomic E-state index is -1.15. The average Bonchev–Trinajstić information content (AvgIpc) is 2.97. The molecule has 0 bridgehead atoms. The molecule has 4 N–H and O–H groups in total. The maximum absolute atomic E-state index is 12.7. The standard InChI is InChI=1S/C18H20N4O6/c23-14(5-2-8-19-18(27)28)20-12-4-1-3-10-11(12)9-22(17(10)26)13-6-7-15(24)21-16(13)25/h1,3-4,13,19H,2,5-9H2,(H,20,23)(H,27,28)(H,21,24,25). The number of hydrogen-bond acceptors (Lipinski definition) is 5. The second-order valence-corrected chi connectivity index (χ2v) is 6.62. The molecule has 1 fully saturated rings. The number of carbonyl (C=O) groups is 5. The van der Waals surface area contributed by atoms with Gasteiger partial charge in [0.2, 0.25) is 17.7 Å². The van der Waals surface area contributed by atoms with E-state index in [1.807, 2.05) is 0 Å². The van der Waals surface area contributed by atoms with Crippen molar-refractivity contribution in [2.45, 2.75) is 38.3 Å². The summed E-state index contributed by atoms with van der Waals surface area (Å²) >= 11 is 0. The van der Waals surface area contributed by atoms with Crippen LogP contribution in [0.15, 0.2) is 18.2 Å². The molecular weight excluding hydrogens is 368 g/mol. The van der Waals surface area contributed by atoms with E-state index in [0.717, 1.165) is 0 Å². The van der Waals surface area contributed by atoms with Crippen LogP contribution in [0.1, 0.15) is 41.6 Å². The first-order valence-electron chi connectivity index (χ1n) is 8.90. The first-order valence-corrected chi connectivity index (χ1v) is 8.90. The van der Waals surface area contributed by atoms with Crippen molar-refractivity contribution in [1.29, 1.82) is 0 Å². The Morgan fingerprint density at radius 1 is 1.25 bits per heavy atom. The van der Waals surface area contributed by atoms with E-state index in [1.165, 1.54) is 4.90 Å². The van der Waals surface area contributed by atoms with Gasteiger partial charge in [-0.25, -0.2) is 4.79 Å². The number of nitrogens with zero attached hydrogens (tertiary/aromatic N) is 1. The fourth-order valence-corrected chi connectivity index (χ4v) is 3.36. The highest BCUT2D eigenvalue weighted by Crippen LogP contribution is 2.32. The van der Waals surface area contributed by atoms with Crippen LogP contribution in [0.5, 0.6) is 0 Å². The molecule has 1 saturated heterocycles. The topological polar surface area (TPSA) is 145 Å². The zero-order valence-corrected chi connectivity index (χ0v) is 15.0. The highest BCUT2D eigenvalue weighted by Gasteiger charge is 2.39. The molecule has 1 aromatic carbocycles. The van der Waals surface area contributed by atoms with Crippen LogP contribution in [0.4, 0.5) is 10.5 Å². The maximum atomic E-state index is 12.7. The lowest BCUT2D eigenvalue weighted by Crippen LogP contribution is -2.52. The Kier molecular flexibility index (Phi) is 5.57. The zero-order chi connectivity index (χ0) is 20.3. The Morgan fingerprint density at radius 3 is 2.75 bits per heavy atom. The van der Waals surface area contributed by atoms with E-state index in [2.05, 4.69) is 16.0 Å². The molecular formula is C18H20N4O6. The van der Waals surface area contributed by atoms with Crippen molar-refractivity contribution in [1.82, 2.24) is 15.5 Å². The molecule has 0 saturated carbocycles. The lowest BCUT2D eigenvalue weighted by atomic mass is 10.0. The van der Waals surface area contributed by atoms with Crippen LogP contribution in [0.2, 0.25) is 0 Å². The molecule has 10 heteroatoms. The number of nitrogens with one attached hydrogen (secondary N) is 3. The average molecular weight is 388 g/mol. The van der Waals surface area contributed by atoms with Gasteiger partial charge in [0.1, 0.15) is 6.04 Å². The lowest BCUT2D eigenvalue weighted by Gasteiger charge is -2.29. The quantitative estimate of drug-likeness (QED) is 0.411. The van der Waals surface area contributed by atoms with Crippen LogP contribution < -0.4 is 16.0 Å². The molecule has 2 aliphatic heterocycles. The van der Waals surface area contributed by atoms with Crippen molar-refractivity contribution >= 4 is 35.4 Å². The molecule has 0 aromatic heterocycles. The van der Waals surface area contributed by atoms with Crippen LogP contribution in [-0.2, 0) is 20.9 Å². The fourth-order valence-electron chi connectivity index (χ4n) is 3.36. The largest absolute Gasteiger partial charge is 0.465 e. The summed E-state index contributed by atoms with van der Waals surface area (Å²) in [6.45, 7) is 0.328. The summed E-state index contributed by atoms with van der Waals surface area (Å²) in [7, 11) is 0. The number of fused-ring (bicyclic) bond motifs is 1. The predicted octanol–water partition coefficient (Wildman–Crippen LogP) is 0.434. The number of carboxylic acid groups (broad SMARTS) is 1. The number of hydrogen-bond donors (Lipinski definition) is 4. The second kappa shape index (κ2) is 8.07. The van der Waals surface area contributed by atoms with Gasteiger partial charge in [-0.3, -0.25) is 24.5 Å². The Labute approximate surface area is 160 Å². The molecule has 148 valence electrons. The van der Waals surface area contributed by atoms with Crippen molar-refractivity contribution in [2.24, 2.45) is 0 Å². The molecule has 0 aliphatic carbocycles. The molecule has 3 rings (SSSR count). The number of benzene rings is 1. The van der Waals surface area contributed by atoms with Crippen molar-refractivity contribution in [3.63, 3.8) is 0 Å². The predicted molar refractivity (Wildman–Crippen MR) is 96.4 cm³/mol. The van der Waals surface area contributed by atoms with Crippen LogP contribution >= 0.6 is 0 Å². The Bertz CT molecular complexity index is 852. The van der Waals surface area contributed by atoms with Crippen LogP contribution in [0.25, 0.3) is 0 Å². The summed E-state index contributed by atoms with van der Waals surface area (Å²) in [6, 6.07) is 4.23. The minimum Gasteiger partial charge on any atom is -0.465 e. The summed E-state index contributed by atoms with van der Waals surface area (Å²) in [5.41, 5.74) is 1.51. The summed E-state index contributed by atoms with van der Waals surface area (Å²) in [5, 5.41) is 15.7. The summed E-state index contributed by atoms with van der Waals surface area (Å²) in [6.07, 6.45) is -0.246. The van der Waals surface area contributed by atoms with Crippen LogP contribution in [0, 0.1) is 0 Å². The normalized spacial score (nSPS) is 18.5. The van der Waals surface area contributed by atoms with Gasteiger partial charge < -0.3 is 20.6 Å². The molecule has 0 spiro atoms. The SMILES string of the molecule is O=C(O)NCCCC(=O)Nc1cccc2c1CN(C1CCC(=O)NC1=O)C2=O. The molecule has 0 radical (unpaired) electrons. The molecule has 5 amide bonds. The molecule has 28 heavy (non-hydrogen) atoms. The summed E-state index contributed by atoms with van der Waals surface area (Å²) in [4.78, 5) is 60.1. The molecule has 2 aliphatic rings. The van der Waals surface area contributed by atoms with E-state index >= 15 is 0 Å². The third kappa shape index (κ3) is 4.11. The number of imide groups is 1. The van der Waals surface area contributed by atoms with E-state index in [0.29, 0.717) is 23.2 Å². The molecule has 10 nitrogen and oxygen atoms in total. The van der Waals surface area contributed by atoms with E-state index in [4.69, 9.17) is 5.11 Å². The van der Waals surface area contributed by atoms with Crippen molar-refractivity contribution in [2.75, 3.05) is 11.9 Å². The first kappa shape index (κ1) is 19.3. The number of carbonyl (C=O) groups excluding carboxylic acids is 4. The molecule has 1 unspecified atom stereocenters. The summed E-state index contributed by atoms with van der Waals surface area (Å²) < 4.78 is 0. The number of rotatable bonds is 6. The van der Waals surface area contributed by atoms with Gasteiger partial charge in [0, 0.05) is 42.7 Å². The highest BCUT2D eigenvalue weighted by molar-refractivity contribution is 6.06. The molecule has 1 atom stereocenters. The fraction of sp³-hybridized carbons (Fsp3) is 0.389. The Morgan fingerprint density at radius 2 is 2.04 bits per heavy atom. The van der Waals surface area contributed by atoms with Crippen molar-refractivity contribution in [3.05, 3.63) is 29.3 Å². The van der Waals surface area contributed by atoms with Gasteiger partial charge in [0.25, 0.3) is 5.91 Å². The van der Waals surface area contributed by atoms with Gasteiger partial charge in [-0.1, -0.05) is 6.07 Å². The lowest BCUT2D eigenvalue weighted by molar-refractivity contribution is -0.137. The number of amides is 5. The van der Waals surface area contributed by atoms with Crippen molar-refractivity contribution in [3.8, 4) is 0 Å². The van der Waals surface area contributed by atoms with Gasteiger partial charge in [-0.05, 0) is 25.0 Å². The molecule has 2 heterocycles. The molecule has 1 aromatic rings. The van der Waals surface area contributed by atoms with Crippen LogP contribution in [0.3, 0.4) is 0 Å². The smallest absolute Gasteiger partial charge is 0.404 e. The minimum absolute atomic E-state index is 0.120. The van der Waals surface area contributed by atoms with Gasteiger partial charge >= 0.3 is 6.09 Å². The maximum Gasteiger partial charge on any atom is 0.404 e. The summed E-state index contributed by atoms with van der Waals surface area (Å²) in [5.74, 6) is -1.46. The highest BCUT2D eigenvalue weighted by atomic mass is 16.4. The van der Waals surface area contributed by atoms with E-state index < -0.39 is 18.0 Å². The third-order valence-corrected chi connectivity index (χ3v) is 4.71. The number of anilines is 1. The second-order valence-electron chi connectivity index (χ2n) is 6.62. The van der Waals surface area contributed by atoms with E-state index in [9.17, 15) is 24.0 Å². The third-order valence-electron chi connectivity index (χ3n) is 4.71. The Balaban J connectivity index is 1.66. The van der Waals surface area contributed by atoms with Crippen LogP contribution in [-0.4, -0.2) is 52.3 Å². The monoisotopic (exact) mass is 388 g/mol. The van der Waals surface area contributed by atoms with Gasteiger partial charge in [-0.15, -0.1) is 0 Å². The van der Waals surface area contributed by atoms with E-state index in [1.54, 1.807) is 18.2 Å².